The van der Waals surface area contributed by atoms with Gasteiger partial charge in [-0.3, -0.25) is 0 Å². The van der Waals surface area contributed by atoms with E-state index in [0.717, 1.165) is 35.6 Å². The van der Waals surface area contributed by atoms with Crippen molar-refractivity contribution in [3.8, 4) is 0 Å². The number of pyridine rings is 1. The SMILES string of the molecule is FC(F)(F)c1csc(N2CCN(c3ccccn3)CC2)n1. The third-order valence-electron chi connectivity index (χ3n) is 3.31. The molecule has 0 spiro atoms. The van der Waals surface area contributed by atoms with Crippen LogP contribution in [-0.2, 0) is 6.18 Å². The van der Waals surface area contributed by atoms with E-state index in [4.69, 9.17) is 0 Å². The second-order valence-corrected chi connectivity index (χ2v) is 5.51. The molecule has 3 heterocycles. The van der Waals surface area contributed by atoms with E-state index in [-0.39, 0.29) is 0 Å². The van der Waals surface area contributed by atoms with E-state index < -0.39 is 11.9 Å². The van der Waals surface area contributed by atoms with Crippen LogP contribution in [0.2, 0.25) is 0 Å². The molecular formula is C13H13F3N4S. The molecular weight excluding hydrogens is 301 g/mol. The molecule has 2 aromatic rings. The number of thiazole rings is 1. The molecule has 0 N–H and O–H groups in total. The van der Waals surface area contributed by atoms with Crippen LogP contribution in [0.3, 0.4) is 0 Å². The number of hydrogen-bond donors (Lipinski definition) is 0. The smallest absolute Gasteiger partial charge is 0.353 e. The number of aromatic nitrogens is 2. The number of halogens is 3. The van der Waals surface area contributed by atoms with Gasteiger partial charge < -0.3 is 9.80 Å². The molecule has 0 amide bonds. The third-order valence-corrected chi connectivity index (χ3v) is 4.21. The Morgan fingerprint density at radius 3 is 2.33 bits per heavy atom. The fourth-order valence-corrected chi connectivity index (χ4v) is 3.09. The van der Waals surface area contributed by atoms with Crippen LogP contribution in [0, 0.1) is 0 Å². The van der Waals surface area contributed by atoms with Gasteiger partial charge in [-0.25, -0.2) is 9.97 Å². The summed E-state index contributed by atoms with van der Waals surface area (Å²) in [6.45, 7) is 2.72. The Hall–Kier alpha value is -1.83. The summed E-state index contributed by atoms with van der Waals surface area (Å²) >= 11 is 1.04. The van der Waals surface area contributed by atoms with Gasteiger partial charge in [0.25, 0.3) is 0 Å². The predicted molar refractivity (Wildman–Crippen MR) is 75.8 cm³/mol. The Labute approximate surface area is 123 Å². The van der Waals surface area contributed by atoms with Gasteiger partial charge >= 0.3 is 6.18 Å². The molecule has 0 saturated carbocycles. The molecule has 1 saturated heterocycles. The van der Waals surface area contributed by atoms with Crippen LogP contribution in [0.25, 0.3) is 0 Å². The molecule has 3 rings (SSSR count). The van der Waals surface area contributed by atoms with Crippen LogP contribution in [0.15, 0.2) is 29.8 Å². The molecule has 0 radical (unpaired) electrons. The summed E-state index contributed by atoms with van der Waals surface area (Å²) in [5, 5.41) is 1.50. The monoisotopic (exact) mass is 314 g/mol. The Balaban J connectivity index is 1.65. The van der Waals surface area contributed by atoms with Crippen LogP contribution >= 0.6 is 11.3 Å². The molecule has 8 heteroatoms. The zero-order valence-corrected chi connectivity index (χ0v) is 11.9. The molecule has 0 bridgehead atoms. The highest BCUT2D eigenvalue weighted by Crippen LogP contribution is 2.33. The quantitative estimate of drug-likeness (QED) is 0.853. The van der Waals surface area contributed by atoms with Crippen LogP contribution in [0.4, 0.5) is 24.1 Å². The first-order chi connectivity index (χ1) is 10.0. The Morgan fingerprint density at radius 1 is 1.05 bits per heavy atom. The van der Waals surface area contributed by atoms with Gasteiger partial charge in [-0.05, 0) is 12.1 Å². The Morgan fingerprint density at radius 2 is 1.76 bits per heavy atom. The van der Waals surface area contributed by atoms with Crippen molar-refractivity contribution in [2.45, 2.75) is 6.18 Å². The van der Waals surface area contributed by atoms with Crippen molar-refractivity contribution in [1.29, 1.82) is 0 Å². The number of rotatable bonds is 2. The van der Waals surface area contributed by atoms with E-state index in [1.807, 2.05) is 23.1 Å². The van der Waals surface area contributed by atoms with Gasteiger partial charge in [0.1, 0.15) is 5.82 Å². The summed E-state index contributed by atoms with van der Waals surface area (Å²) < 4.78 is 37.7. The first-order valence-electron chi connectivity index (χ1n) is 6.48. The topological polar surface area (TPSA) is 32.3 Å². The summed E-state index contributed by atoms with van der Waals surface area (Å²) in [5.41, 5.74) is -0.811. The van der Waals surface area contributed by atoms with Crippen LogP contribution in [-0.4, -0.2) is 36.1 Å². The first-order valence-corrected chi connectivity index (χ1v) is 7.35. The van der Waals surface area contributed by atoms with Gasteiger partial charge in [-0.2, -0.15) is 13.2 Å². The average molecular weight is 314 g/mol. The second kappa shape index (κ2) is 5.51. The van der Waals surface area contributed by atoms with Crippen molar-refractivity contribution in [2.75, 3.05) is 36.0 Å². The molecule has 2 aromatic heterocycles. The van der Waals surface area contributed by atoms with E-state index >= 15 is 0 Å². The van der Waals surface area contributed by atoms with E-state index in [2.05, 4.69) is 14.9 Å². The Kier molecular flexibility index (Phi) is 3.71. The summed E-state index contributed by atoms with van der Waals surface area (Å²) in [6.07, 6.45) is -2.64. The molecule has 0 atom stereocenters. The molecule has 0 aliphatic carbocycles. The molecule has 0 unspecified atom stereocenters. The third kappa shape index (κ3) is 3.10. The van der Waals surface area contributed by atoms with Gasteiger partial charge in [0.2, 0.25) is 0 Å². The van der Waals surface area contributed by atoms with E-state index in [9.17, 15) is 13.2 Å². The molecule has 4 nitrogen and oxygen atoms in total. The van der Waals surface area contributed by atoms with Gasteiger partial charge in [0, 0.05) is 37.8 Å². The highest BCUT2D eigenvalue weighted by Gasteiger charge is 2.34. The number of alkyl halides is 3. The van der Waals surface area contributed by atoms with Crippen LogP contribution in [0.1, 0.15) is 5.69 Å². The molecule has 0 aromatic carbocycles. The summed E-state index contributed by atoms with van der Waals surface area (Å²) in [6, 6.07) is 5.71. The number of nitrogens with zero attached hydrogens (tertiary/aromatic N) is 4. The van der Waals surface area contributed by atoms with Gasteiger partial charge in [0.05, 0.1) is 0 Å². The second-order valence-electron chi connectivity index (χ2n) is 4.68. The van der Waals surface area contributed by atoms with Crippen molar-refractivity contribution in [2.24, 2.45) is 0 Å². The van der Waals surface area contributed by atoms with Crippen molar-refractivity contribution in [3.63, 3.8) is 0 Å². The lowest BCUT2D eigenvalue weighted by molar-refractivity contribution is -0.140. The number of anilines is 2. The van der Waals surface area contributed by atoms with Gasteiger partial charge in [-0.1, -0.05) is 6.07 Å². The van der Waals surface area contributed by atoms with Crippen molar-refractivity contribution < 1.29 is 13.2 Å². The fourth-order valence-electron chi connectivity index (χ4n) is 2.21. The van der Waals surface area contributed by atoms with E-state index in [0.29, 0.717) is 18.2 Å². The molecule has 1 fully saturated rings. The first kappa shape index (κ1) is 14.1. The minimum Gasteiger partial charge on any atom is -0.353 e. The maximum atomic E-state index is 12.6. The summed E-state index contributed by atoms with van der Waals surface area (Å²) in [5.74, 6) is 0.896. The number of piperazine rings is 1. The Bertz CT molecular complexity index is 591. The predicted octanol–water partition coefficient (Wildman–Crippen LogP) is 2.88. The van der Waals surface area contributed by atoms with Crippen molar-refractivity contribution in [3.05, 3.63) is 35.5 Å². The zero-order valence-electron chi connectivity index (χ0n) is 11.0. The van der Waals surface area contributed by atoms with Crippen LogP contribution < -0.4 is 9.80 Å². The molecule has 1 aliphatic heterocycles. The maximum Gasteiger partial charge on any atom is 0.434 e. The van der Waals surface area contributed by atoms with Gasteiger partial charge in [-0.15, -0.1) is 11.3 Å². The lowest BCUT2D eigenvalue weighted by Gasteiger charge is -2.35. The maximum absolute atomic E-state index is 12.6. The normalized spacial score (nSPS) is 16.3. The van der Waals surface area contributed by atoms with Gasteiger partial charge in [0.15, 0.2) is 10.8 Å². The zero-order chi connectivity index (χ0) is 14.9. The van der Waals surface area contributed by atoms with Crippen LogP contribution in [0.5, 0.6) is 0 Å². The minimum absolute atomic E-state index is 0.433. The average Bonchev–Trinajstić information content (AvgIpc) is 2.98. The largest absolute Gasteiger partial charge is 0.434 e. The highest BCUT2D eigenvalue weighted by molar-refractivity contribution is 7.13. The highest BCUT2D eigenvalue weighted by atomic mass is 32.1. The van der Waals surface area contributed by atoms with Crippen molar-refractivity contribution in [1.82, 2.24) is 9.97 Å². The lowest BCUT2D eigenvalue weighted by Crippen LogP contribution is -2.46. The fraction of sp³-hybridized carbons (Fsp3) is 0.385. The lowest BCUT2D eigenvalue weighted by atomic mass is 10.3. The van der Waals surface area contributed by atoms with E-state index in [1.54, 1.807) is 6.20 Å². The van der Waals surface area contributed by atoms with Crippen molar-refractivity contribution >= 4 is 22.3 Å². The molecule has 112 valence electrons. The minimum atomic E-state index is -4.37. The summed E-state index contributed by atoms with van der Waals surface area (Å²) in [4.78, 5) is 12.0. The standard InChI is InChI=1S/C13H13F3N4S/c14-13(15,16)10-9-21-12(18-10)20-7-5-19(6-8-20)11-3-1-2-4-17-11/h1-4,9H,5-8H2. The molecule has 1 aliphatic rings. The summed E-state index contributed by atoms with van der Waals surface area (Å²) in [7, 11) is 0. The molecule has 21 heavy (non-hydrogen) atoms. The number of hydrogen-bond acceptors (Lipinski definition) is 5. The van der Waals surface area contributed by atoms with E-state index in [1.165, 1.54) is 0 Å².